The standard InChI is InChI=1S/C30H29N3O5/c1-5-31-23-15-25-21(13-17(23)3)29(22-14-18(4)24(32-6-2)16-26(22)37-25)19-9-7-8-10-20(19)30(36)38-33-27(34)11-12-28(33)35/h7-16,31,34-35H,5-6H2,1-4H3. The Morgan fingerprint density at radius 2 is 1.71 bits per heavy atom. The van der Waals surface area contributed by atoms with Gasteiger partial charge in [-0.2, -0.15) is 0 Å². The van der Waals surface area contributed by atoms with Gasteiger partial charge in [0.15, 0.2) is 0 Å². The van der Waals surface area contributed by atoms with E-state index in [1.54, 1.807) is 12.1 Å². The van der Waals surface area contributed by atoms with E-state index in [-0.39, 0.29) is 5.56 Å². The van der Waals surface area contributed by atoms with Crippen LogP contribution in [0.1, 0.15) is 35.3 Å². The molecular weight excluding hydrogens is 482 g/mol. The fourth-order valence-corrected chi connectivity index (χ4v) is 4.71. The minimum atomic E-state index is -0.736. The summed E-state index contributed by atoms with van der Waals surface area (Å²) in [6.45, 7) is 9.46. The number of fused-ring (bicyclic) bond motifs is 2. The van der Waals surface area contributed by atoms with Crippen molar-refractivity contribution in [2.45, 2.75) is 27.7 Å². The van der Waals surface area contributed by atoms with E-state index < -0.39 is 17.7 Å². The molecule has 0 fully saturated rings. The van der Waals surface area contributed by atoms with E-state index in [4.69, 9.17) is 9.25 Å². The third-order valence-electron chi connectivity index (χ3n) is 6.47. The molecule has 194 valence electrons. The van der Waals surface area contributed by atoms with Crippen molar-refractivity contribution in [3.05, 3.63) is 82.7 Å². The average Bonchev–Trinajstić information content (AvgIpc) is 3.21. The van der Waals surface area contributed by atoms with Crippen molar-refractivity contribution in [1.29, 1.82) is 0 Å². The molecule has 1 aliphatic heterocycles. The summed E-state index contributed by atoms with van der Waals surface area (Å²) in [5.74, 6) is -0.880. The zero-order valence-electron chi connectivity index (χ0n) is 21.7. The highest BCUT2D eigenvalue weighted by atomic mass is 16.7. The van der Waals surface area contributed by atoms with Crippen molar-refractivity contribution < 1.29 is 24.3 Å². The maximum Gasteiger partial charge on any atom is 0.364 e. The van der Waals surface area contributed by atoms with Crippen LogP contribution in [0.15, 0.2) is 70.1 Å². The minimum Gasteiger partial charge on any atom is -0.492 e. The fourth-order valence-electron chi connectivity index (χ4n) is 4.71. The predicted molar refractivity (Wildman–Crippen MR) is 147 cm³/mol. The molecule has 0 amide bonds. The second-order valence-electron chi connectivity index (χ2n) is 9.05. The van der Waals surface area contributed by atoms with Gasteiger partial charge in [0.05, 0.1) is 10.9 Å². The Bertz CT molecular complexity index is 1690. The van der Waals surface area contributed by atoms with Crippen LogP contribution >= 0.6 is 0 Å². The number of aryl methyl sites for hydroxylation is 2. The quantitative estimate of drug-likeness (QED) is 0.254. The van der Waals surface area contributed by atoms with Crippen LogP contribution in [0.3, 0.4) is 0 Å². The van der Waals surface area contributed by atoms with Gasteiger partial charge >= 0.3 is 5.97 Å². The molecule has 8 heteroatoms. The summed E-state index contributed by atoms with van der Waals surface area (Å²) in [6.07, 6.45) is 0. The van der Waals surface area contributed by atoms with Crippen molar-refractivity contribution in [1.82, 2.24) is 4.73 Å². The summed E-state index contributed by atoms with van der Waals surface area (Å²) in [5.41, 5.74) is 6.17. The first-order valence-electron chi connectivity index (χ1n) is 12.5. The SMILES string of the molecule is CCN=c1cc2oc3cc(NCC)c(C)cc3c(-c3ccccc3C(=O)On3c(O)ccc3O)c-2cc1C. The number of carbonyl (C=O) groups is 1. The van der Waals surface area contributed by atoms with Gasteiger partial charge in [0, 0.05) is 59.6 Å². The summed E-state index contributed by atoms with van der Waals surface area (Å²) < 4.78 is 7.11. The first-order chi connectivity index (χ1) is 18.3. The molecule has 1 aromatic heterocycles. The number of aromatic hydroxyl groups is 2. The number of carbonyl (C=O) groups excluding carboxylic acids is 1. The lowest BCUT2D eigenvalue weighted by molar-refractivity contribution is 0.0382. The molecule has 2 heterocycles. The number of nitrogens with one attached hydrogen (secondary N) is 1. The van der Waals surface area contributed by atoms with Crippen LogP contribution < -0.4 is 15.5 Å². The molecule has 38 heavy (non-hydrogen) atoms. The van der Waals surface area contributed by atoms with Crippen LogP contribution in [-0.2, 0) is 0 Å². The number of benzene rings is 3. The van der Waals surface area contributed by atoms with Crippen molar-refractivity contribution in [2.75, 3.05) is 18.4 Å². The third-order valence-corrected chi connectivity index (χ3v) is 6.47. The maximum atomic E-state index is 13.4. The van der Waals surface area contributed by atoms with E-state index in [1.807, 2.05) is 58.0 Å². The van der Waals surface area contributed by atoms with Crippen molar-refractivity contribution in [2.24, 2.45) is 4.99 Å². The lowest BCUT2D eigenvalue weighted by Crippen LogP contribution is -2.20. The molecule has 0 radical (unpaired) electrons. The van der Waals surface area contributed by atoms with E-state index in [0.29, 0.717) is 28.2 Å². The average molecular weight is 512 g/mol. The number of hydrogen-bond acceptors (Lipinski definition) is 7. The Labute approximate surface area is 219 Å². The summed E-state index contributed by atoms with van der Waals surface area (Å²) in [6, 6.07) is 17.6. The smallest absolute Gasteiger partial charge is 0.364 e. The van der Waals surface area contributed by atoms with Crippen molar-refractivity contribution >= 4 is 22.6 Å². The minimum absolute atomic E-state index is 0.266. The van der Waals surface area contributed by atoms with Crippen LogP contribution in [0.25, 0.3) is 33.4 Å². The molecule has 0 spiro atoms. The van der Waals surface area contributed by atoms with Gasteiger partial charge in [-0.3, -0.25) is 4.99 Å². The van der Waals surface area contributed by atoms with E-state index in [9.17, 15) is 15.0 Å². The monoisotopic (exact) mass is 511 g/mol. The van der Waals surface area contributed by atoms with Crippen molar-refractivity contribution in [3.8, 4) is 34.2 Å². The van der Waals surface area contributed by atoms with E-state index in [2.05, 4.69) is 16.4 Å². The van der Waals surface area contributed by atoms with Gasteiger partial charge in [0.25, 0.3) is 0 Å². The summed E-state index contributed by atoms with van der Waals surface area (Å²) >= 11 is 0. The van der Waals surface area contributed by atoms with E-state index in [0.717, 1.165) is 45.2 Å². The topological polar surface area (TPSA) is 109 Å². The number of hydrogen-bond donors (Lipinski definition) is 3. The second kappa shape index (κ2) is 9.97. The molecule has 8 nitrogen and oxygen atoms in total. The molecule has 0 saturated heterocycles. The Kier molecular flexibility index (Phi) is 6.55. The third kappa shape index (κ3) is 4.34. The fraction of sp³-hybridized carbons (Fsp3) is 0.200. The highest BCUT2D eigenvalue weighted by Gasteiger charge is 2.24. The first kappa shape index (κ1) is 25.0. The normalized spacial score (nSPS) is 11.8. The molecule has 3 aromatic rings. The van der Waals surface area contributed by atoms with Crippen LogP contribution in [-0.4, -0.2) is 34.0 Å². The molecule has 5 rings (SSSR count). The van der Waals surface area contributed by atoms with Gasteiger partial charge in [-0.15, -0.1) is 4.73 Å². The Morgan fingerprint density at radius 1 is 0.974 bits per heavy atom. The molecule has 2 aromatic carbocycles. The van der Waals surface area contributed by atoms with Crippen molar-refractivity contribution in [3.63, 3.8) is 0 Å². The molecule has 3 N–H and O–H groups in total. The lowest BCUT2D eigenvalue weighted by Gasteiger charge is -2.20. The summed E-state index contributed by atoms with van der Waals surface area (Å²) in [4.78, 5) is 23.4. The van der Waals surface area contributed by atoms with E-state index >= 15 is 0 Å². The predicted octanol–water partition coefficient (Wildman–Crippen LogP) is 5.66. The zero-order valence-corrected chi connectivity index (χ0v) is 21.7. The Balaban J connectivity index is 1.81. The zero-order chi connectivity index (χ0) is 27.0. The molecule has 1 aliphatic carbocycles. The molecule has 0 saturated carbocycles. The Morgan fingerprint density at radius 3 is 2.42 bits per heavy atom. The van der Waals surface area contributed by atoms with Crippen LogP contribution in [0.2, 0.25) is 0 Å². The highest BCUT2D eigenvalue weighted by molar-refractivity contribution is 6.08. The highest BCUT2D eigenvalue weighted by Crippen LogP contribution is 2.43. The van der Waals surface area contributed by atoms with Crippen LogP contribution in [0, 0.1) is 13.8 Å². The molecular formula is C30H29N3O5. The van der Waals surface area contributed by atoms with Gasteiger partial charge in [-0.05, 0) is 62.6 Å². The number of anilines is 1. The summed E-state index contributed by atoms with van der Waals surface area (Å²) in [5, 5.41) is 25.1. The molecule has 2 aliphatic rings. The largest absolute Gasteiger partial charge is 0.492 e. The van der Waals surface area contributed by atoms with Crippen LogP contribution in [0.4, 0.5) is 5.69 Å². The number of nitrogens with zero attached hydrogens (tertiary/aromatic N) is 2. The lowest BCUT2D eigenvalue weighted by atomic mass is 9.89. The van der Waals surface area contributed by atoms with Gasteiger partial charge in [-0.25, -0.2) is 4.79 Å². The first-order valence-corrected chi connectivity index (χ1v) is 12.5. The Hall–Kier alpha value is -4.72. The van der Waals surface area contributed by atoms with E-state index in [1.165, 1.54) is 12.1 Å². The molecule has 0 bridgehead atoms. The van der Waals surface area contributed by atoms with Gasteiger partial charge in [0.1, 0.15) is 11.3 Å². The van der Waals surface area contributed by atoms with Gasteiger partial charge in [0.2, 0.25) is 11.8 Å². The van der Waals surface area contributed by atoms with Gasteiger partial charge in [-0.1, -0.05) is 18.2 Å². The van der Waals surface area contributed by atoms with Crippen LogP contribution in [0.5, 0.6) is 11.8 Å². The molecule has 0 atom stereocenters. The second-order valence-corrected chi connectivity index (χ2v) is 9.05. The van der Waals surface area contributed by atoms with Gasteiger partial charge < -0.3 is 24.8 Å². The number of aromatic nitrogens is 1. The summed E-state index contributed by atoms with van der Waals surface area (Å²) in [7, 11) is 0. The molecule has 0 unspecified atom stereocenters. The maximum absolute atomic E-state index is 13.4. The number of rotatable bonds is 6.